The third kappa shape index (κ3) is 2.87. The van der Waals surface area contributed by atoms with E-state index in [1.54, 1.807) is 12.4 Å². The Morgan fingerprint density at radius 2 is 2.00 bits per heavy atom. The lowest BCUT2D eigenvalue weighted by molar-refractivity contribution is 0.624. The van der Waals surface area contributed by atoms with E-state index in [1.165, 1.54) is 5.56 Å². The molecule has 0 spiro atoms. The van der Waals surface area contributed by atoms with Crippen LogP contribution in [0.3, 0.4) is 0 Å². The highest BCUT2D eigenvalue weighted by Crippen LogP contribution is 2.28. The van der Waals surface area contributed by atoms with Gasteiger partial charge in [0.05, 0.1) is 0 Å². The molecule has 0 bridgehead atoms. The normalized spacial score (nSPS) is 10.2. The van der Waals surface area contributed by atoms with Crippen molar-refractivity contribution in [3.8, 4) is 11.3 Å². The van der Waals surface area contributed by atoms with Crippen molar-refractivity contribution < 1.29 is 4.42 Å². The molecule has 3 nitrogen and oxygen atoms in total. The average molecular weight is 268 g/mol. The molecule has 3 aromatic rings. The van der Waals surface area contributed by atoms with Crippen LogP contribution in [0.4, 0.5) is 0 Å². The van der Waals surface area contributed by atoms with E-state index in [-0.39, 0.29) is 0 Å². The van der Waals surface area contributed by atoms with Crippen LogP contribution in [0.5, 0.6) is 0 Å². The van der Waals surface area contributed by atoms with Crippen LogP contribution in [0.15, 0.2) is 47.3 Å². The van der Waals surface area contributed by atoms with E-state index in [9.17, 15) is 0 Å². The predicted molar refractivity (Wildman–Crippen MR) is 82.6 cm³/mol. The average Bonchev–Trinajstić information content (AvgIpc) is 2.96. The summed E-state index contributed by atoms with van der Waals surface area (Å²) in [7, 11) is 0. The molecular weight excluding hydrogens is 248 g/mol. The molecule has 0 atom stereocenters. The highest BCUT2D eigenvalue weighted by atomic mass is 16.3. The van der Waals surface area contributed by atoms with Crippen molar-refractivity contribution in [3.05, 3.63) is 48.4 Å². The second kappa shape index (κ2) is 6.85. The monoisotopic (exact) mass is 268 g/mol. The Kier molecular flexibility index (Phi) is 4.88. The van der Waals surface area contributed by atoms with Gasteiger partial charge in [0.2, 0.25) is 0 Å². The molecule has 0 radical (unpaired) electrons. The highest BCUT2D eigenvalue weighted by Gasteiger charge is 2.10. The van der Waals surface area contributed by atoms with Crippen molar-refractivity contribution in [1.29, 1.82) is 0 Å². The van der Waals surface area contributed by atoms with Crippen LogP contribution in [-0.2, 0) is 6.42 Å². The molecule has 3 heterocycles. The molecule has 20 heavy (non-hydrogen) atoms. The van der Waals surface area contributed by atoms with Gasteiger partial charge in [0.15, 0.2) is 5.58 Å². The first-order valence-electron chi connectivity index (χ1n) is 7.16. The van der Waals surface area contributed by atoms with Gasteiger partial charge in [0, 0.05) is 30.2 Å². The van der Waals surface area contributed by atoms with Gasteiger partial charge in [-0.3, -0.25) is 9.97 Å². The van der Waals surface area contributed by atoms with E-state index in [4.69, 9.17) is 4.42 Å². The Labute approximate surface area is 119 Å². The standard InChI is InChI=1S/C15H14N2O.C2H6/c1-2-4-11-6-8-17-13-9-14(18-15(11)13)12-5-3-7-16-10-12;1-2/h3,5-10H,2,4H2,1H3;1-2H3. The Morgan fingerprint density at radius 3 is 2.70 bits per heavy atom. The zero-order valence-electron chi connectivity index (χ0n) is 12.3. The minimum absolute atomic E-state index is 0.828. The number of nitrogens with zero attached hydrogens (tertiary/aromatic N) is 2. The Bertz CT molecular complexity index is 659. The van der Waals surface area contributed by atoms with Crippen LogP contribution in [0.25, 0.3) is 22.4 Å². The fourth-order valence-electron chi connectivity index (χ4n) is 2.11. The first kappa shape index (κ1) is 14.3. The van der Waals surface area contributed by atoms with Crippen molar-refractivity contribution in [2.45, 2.75) is 33.6 Å². The fourth-order valence-corrected chi connectivity index (χ4v) is 2.11. The van der Waals surface area contributed by atoms with Gasteiger partial charge < -0.3 is 4.42 Å². The molecule has 104 valence electrons. The molecule has 0 saturated carbocycles. The number of hydrogen-bond donors (Lipinski definition) is 0. The van der Waals surface area contributed by atoms with Gasteiger partial charge in [-0.25, -0.2) is 0 Å². The number of fused-ring (bicyclic) bond motifs is 1. The van der Waals surface area contributed by atoms with Gasteiger partial charge >= 0.3 is 0 Å². The summed E-state index contributed by atoms with van der Waals surface area (Å²) in [5.74, 6) is 0.828. The fraction of sp³-hybridized carbons (Fsp3) is 0.294. The van der Waals surface area contributed by atoms with E-state index in [1.807, 2.05) is 44.3 Å². The second-order valence-electron chi connectivity index (χ2n) is 4.29. The number of rotatable bonds is 3. The summed E-state index contributed by atoms with van der Waals surface area (Å²) in [5, 5.41) is 0. The van der Waals surface area contributed by atoms with Crippen LogP contribution in [0.2, 0.25) is 0 Å². The lowest BCUT2D eigenvalue weighted by Gasteiger charge is -1.98. The number of furan rings is 1. The third-order valence-corrected chi connectivity index (χ3v) is 2.96. The van der Waals surface area contributed by atoms with Crippen LogP contribution in [0.1, 0.15) is 32.8 Å². The SMILES string of the molecule is CC.CCCc1ccnc2cc(-c3cccnc3)oc12. The second-order valence-corrected chi connectivity index (χ2v) is 4.29. The number of aromatic nitrogens is 2. The lowest BCUT2D eigenvalue weighted by atomic mass is 10.1. The van der Waals surface area contributed by atoms with Crippen molar-refractivity contribution in [1.82, 2.24) is 9.97 Å². The van der Waals surface area contributed by atoms with E-state index < -0.39 is 0 Å². The molecule has 0 aromatic carbocycles. The van der Waals surface area contributed by atoms with E-state index in [0.717, 1.165) is 35.3 Å². The first-order chi connectivity index (χ1) is 9.88. The molecule has 0 aliphatic rings. The van der Waals surface area contributed by atoms with Crippen molar-refractivity contribution in [2.24, 2.45) is 0 Å². The van der Waals surface area contributed by atoms with Crippen molar-refractivity contribution >= 4 is 11.1 Å². The summed E-state index contributed by atoms with van der Waals surface area (Å²) in [6.45, 7) is 6.16. The summed E-state index contributed by atoms with van der Waals surface area (Å²) >= 11 is 0. The zero-order chi connectivity index (χ0) is 14.4. The van der Waals surface area contributed by atoms with Gasteiger partial charge in [-0.15, -0.1) is 0 Å². The zero-order valence-corrected chi connectivity index (χ0v) is 12.3. The molecule has 0 fully saturated rings. The minimum Gasteiger partial charge on any atom is -0.454 e. The molecule has 0 unspecified atom stereocenters. The number of hydrogen-bond acceptors (Lipinski definition) is 3. The first-order valence-corrected chi connectivity index (χ1v) is 7.16. The van der Waals surface area contributed by atoms with Crippen LogP contribution >= 0.6 is 0 Å². The predicted octanol–water partition coefficient (Wildman–Crippen LogP) is 4.87. The summed E-state index contributed by atoms with van der Waals surface area (Å²) in [6, 6.07) is 7.90. The minimum atomic E-state index is 0.828. The Balaban J connectivity index is 0.000000704. The van der Waals surface area contributed by atoms with Crippen LogP contribution in [-0.4, -0.2) is 9.97 Å². The number of pyridine rings is 2. The highest BCUT2D eigenvalue weighted by molar-refractivity contribution is 5.81. The molecule has 0 aliphatic heterocycles. The Hall–Kier alpha value is -2.16. The molecule has 3 heteroatoms. The molecular formula is C17H20N2O. The van der Waals surface area contributed by atoms with Gasteiger partial charge in [-0.05, 0) is 30.2 Å². The van der Waals surface area contributed by atoms with E-state index >= 15 is 0 Å². The van der Waals surface area contributed by atoms with Gasteiger partial charge in [0.25, 0.3) is 0 Å². The van der Waals surface area contributed by atoms with E-state index in [2.05, 4.69) is 16.9 Å². The summed E-state index contributed by atoms with van der Waals surface area (Å²) < 4.78 is 5.94. The summed E-state index contributed by atoms with van der Waals surface area (Å²) in [4.78, 5) is 8.47. The van der Waals surface area contributed by atoms with Crippen LogP contribution < -0.4 is 0 Å². The molecule has 0 saturated heterocycles. The number of aryl methyl sites for hydroxylation is 1. The summed E-state index contributed by atoms with van der Waals surface area (Å²) in [5.41, 5.74) is 4.02. The summed E-state index contributed by atoms with van der Waals surface area (Å²) in [6.07, 6.45) is 7.51. The molecule has 3 aromatic heterocycles. The largest absolute Gasteiger partial charge is 0.454 e. The lowest BCUT2D eigenvalue weighted by Crippen LogP contribution is -1.84. The van der Waals surface area contributed by atoms with Gasteiger partial charge in [0.1, 0.15) is 11.3 Å². The van der Waals surface area contributed by atoms with Gasteiger partial charge in [-0.2, -0.15) is 0 Å². The topological polar surface area (TPSA) is 38.9 Å². The van der Waals surface area contributed by atoms with Gasteiger partial charge in [-0.1, -0.05) is 27.2 Å². The molecule has 3 rings (SSSR count). The third-order valence-electron chi connectivity index (χ3n) is 2.96. The van der Waals surface area contributed by atoms with Crippen molar-refractivity contribution in [3.63, 3.8) is 0 Å². The molecule has 0 aliphatic carbocycles. The molecule has 0 N–H and O–H groups in total. The maximum absolute atomic E-state index is 5.94. The van der Waals surface area contributed by atoms with Crippen molar-refractivity contribution in [2.75, 3.05) is 0 Å². The maximum Gasteiger partial charge on any atom is 0.156 e. The van der Waals surface area contributed by atoms with E-state index in [0.29, 0.717) is 0 Å². The Morgan fingerprint density at radius 1 is 1.15 bits per heavy atom. The quantitative estimate of drug-likeness (QED) is 0.680. The smallest absolute Gasteiger partial charge is 0.156 e. The van der Waals surface area contributed by atoms with Crippen LogP contribution in [0, 0.1) is 0 Å². The maximum atomic E-state index is 5.94. The molecule has 0 amide bonds.